The molecule has 0 amide bonds. The van der Waals surface area contributed by atoms with Gasteiger partial charge in [0, 0.05) is 12.1 Å². The zero-order chi connectivity index (χ0) is 11.4. The molecule has 1 aromatic carbocycles. The Morgan fingerprint density at radius 1 is 1.38 bits per heavy atom. The number of halogens is 2. The predicted octanol–water partition coefficient (Wildman–Crippen LogP) is 2.49. The number of ether oxygens (including phenoxy) is 1. The summed E-state index contributed by atoms with van der Waals surface area (Å²) in [5.74, 6) is -1.10. The molecule has 1 unspecified atom stereocenters. The minimum atomic E-state index is -0.639. The molecular weight excluding hydrogens is 212 g/mol. The van der Waals surface area contributed by atoms with Crippen LogP contribution >= 0.6 is 0 Å². The van der Waals surface area contributed by atoms with Crippen LogP contribution in [0.2, 0.25) is 0 Å². The molecule has 1 saturated heterocycles. The third kappa shape index (κ3) is 2.92. The van der Waals surface area contributed by atoms with E-state index in [1.54, 1.807) is 0 Å². The van der Waals surface area contributed by atoms with Crippen molar-refractivity contribution in [2.45, 2.75) is 25.3 Å². The van der Waals surface area contributed by atoms with Crippen molar-refractivity contribution in [2.24, 2.45) is 0 Å². The van der Waals surface area contributed by atoms with E-state index in [2.05, 4.69) is 5.32 Å². The van der Waals surface area contributed by atoms with Crippen molar-refractivity contribution in [1.82, 2.24) is 5.32 Å². The van der Waals surface area contributed by atoms with Gasteiger partial charge >= 0.3 is 0 Å². The van der Waals surface area contributed by atoms with Gasteiger partial charge in [0.05, 0.1) is 6.61 Å². The lowest BCUT2D eigenvalue weighted by Gasteiger charge is -2.11. The molecule has 1 aliphatic rings. The summed E-state index contributed by atoms with van der Waals surface area (Å²) in [6.07, 6.45) is 3.20. The lowest BCUT2D eigenvalue weighted by Crippen LogP contribution is -2.23. The highest BCUT2D eigenvalue weighted by atomic mass is 19.1. The van der Waals surface area contributed by atoms with E-state index in [4.69, 9.17) is 4.74 Å². The van der Waals surface area contributed by atoms with Gasteiger partial charge in [-0.2, -0.15) is 0 Å². The number of benzene rings is 1. The number of rotatable bonds is 4. The van der Waals surface area contributed by atoms with E-state index < -0.39 is 11.6 Å². The highest BCUT2D eigenvalue weighted by molar-refractivity contribution is 5.24. The molecule has 88 valence electrons. The van der Waals surface area contributed by atoms with Gasteiger partial charge in [0.15, 0.2) is 11.6 Å². The summed E-state index contributed by atoms with van der Waals surface area (Å²) in [5.41, 5.74) is 0. The van der Waals surface area contributed by atoms with Gasteiger partial charge in [-0.3, -0.25) is 0 Å². The van der Waals surface area contributed by atoms with Crippen LogP contribution in [0, 0.1) is 11.6 Å². The van der Waals surface area contributed by atoms with Gasteiger partial charge in [0.25, 0.3) is 0 Å². The fraction of sp³-hybridized carbons (Fsp3) is 0.500. The molecule has 1 atom stereocenters. The van der Waals surface area contributed by atoms with E-state index in [0.717, 1.165) is 25.5 Å². The smallest absolute Gasteiger partial charge is 0.167 e. The van der Waals surface area contributed by atoms with Gasteiger partial charge in [-0.1, -0.05) is 0 Å². The summed E-state index contributed by atoms with van der Waals surface area (Å²) >= 11 is 0. The summed E-state index contributed by atoms with van der Waals surface area (Å²) in [7, 11) is 0. The highest BCUT2D eigenvalue weighted by Crippen LogP contribution is 2.18. The second kappa shape index (κ2) is 5.25. The summed E-state index contributed by atoms with van der Waals surface area (Å²) in [6, 6.07) is 3.84. The zero-order valence-corrected chi connectivity index (χ0v) is 9.01. The minimum Gasteiger partial charge on any atom is -0.490 e. The molecule has 0 aliphatic carbocycles. The van der Waals surface area contributed by atoms with Crippen LogP contribution in [0.4, 0.5) is 8.78 Å². The van der Waals surface area contributed by atoms with Gasteiger partial charge in [-0.25, -0.2) is 8.78 Å². The Labute approximate surface area is 93.6 Å². The topological polar surface area (TPSA) is 21.3 Å². The van der Waals surface area contributed by atoms with Crippen molar-refractivity contribution in [3.63, 3.8) is 0 Å². The number of hydrogen-bond acceptors (Lipinski definition) is 2. The van der Waals surface area contributed by atoms with Crippen molar-refractivity contribution in [1.29, 1.82) is 0 Å². The molecule has 1 fully saturated rings. The predicted molar refractivity (Wildman–Crippen MR) is 57.5 cm³/mol. The van der Waals surface area contributed by atoms with Crippen molar-refractivity contribution in [3.8, 4) is 5.75 Å². The molecule has 2 nitrogen and oxygen atoms in total. The molecule has 0 bridgehead atoms. The van der Waals surface area contributed by atoms with E-state index in [1.807, 2.05) is 0 Å². The first-order chi connectivity index (χ1) is 7.75. The molecular formula is C12H15F2NO. The van der Waals surface area contributed by atoms with Crippen molar-refractivity contribution in [2.75, 3.05) is 13.2 Å². The SMILES string of the molecule is Fc1ccc(OCCC2CCCN2)c(F)c1. The minimum absolute atomic E-state index is 0.124. The monoisotopic (exact) mass is 227 g/mol. The zero-order valence-electron chi connectivity index (χ0n) is 9.01. The van der Waals surface area contributed by atoms with Crippen LogP contribution in [0.1, 0.15) is 19.3 Å². The third-order valence-corrected chi connectivity index (χ3v) is 2.78. The molecule has 0 saturated carbocycles. The molecule has 4 heteroatoms. The average Bonchev–Trinajstić information content (AvgIpc) is 2.74. The Morgan fingerprint density at radius 3 is 2.94 bits per heavy atom. The van der Waals surface area contributed by atoms with Crippen LogP contribution in [0.3, 0.4) is 0 Å². The Morgan fingerprint density at radius 2 is 2.25 bits per heavy atom. The first-order valence-electron chi connectivity index (χ1n) is 5.57. The van der Waals surface area contributed by atoms with Gasteiger partial charge in [-0.05, 0) is 37.9 Å². The number of nitrogens with one attached hydrogen (secondary N) is 1. The number of hydrogen-bond donors (Lipinski definition) is 1. The first-order valence-corrected chi connectivity index (χ1v) is 5.57. The van der Waals surface area contributed by atoms with Crippen molar-refractivity contribution >= 4 is 0 Å². The first kappa shape index (κ1) is 11.3. The third-order valence-electron chi connectivity index (χ3n) is 2.78. The molecule has 16 heavy (non-hydrogen) atoms. The Bertz CT molecular complexity index is 351. The molecule has 0 radical (unpaired) electrons. The van der Waals surface area contributed by atoms with Gasteiger partial charge in [0.1, 0.15) is 5.82 Å². The quantitative estimate of drug-likeness (QED) is 0.853. The normalized spacial score (nSPS) is 20.0. The van der Waals surface area contributed by atoms with Crippen LogP contribution in [-0.4, -0.2) is 19.2 Å². The average molecular weight is 227 g/mol. The second-order valence-corrected chi connectivity index (χ2v) is 4.01. The largest absolute Gasteiger partial charge is 0.490 e. The van der Waals surface area contributed by atoms with Gasteiger partial charge < -0.3 is 10.1 Å². The van der Waals surface area contributed by atoms with Gasteiger partial charge in [0.2, 0.25) is 0 Å². The fourth-order valence-corrected chi connectivity index (χ4v) is 1.91. The molecule has 2 rings (SSSR count). The Kier molecular flexibility index (Phi) is 3.72. The van der Waals surface area contributed by atoms with Crippen molar-refractivity contribution < 1.29 is 13.5 Å². The van der Waals surface area contributed by atoms with E-state index >= 15 is 0 Å². The highest BCUT2D eigenvalue weighted by Gasteiger charge is 2.14. The van der Waals surface area contributed by atoms with Crippen LogP contribution in [0.15, 0.2) is 18.2 Å². The van der Waals surface area contributed by atoms with E-state index in [1.165, 1.54) is 18.6 Å². The Hall–Kier alpha value is -1.16. The van der Waals surface area contributed by atoms with Crippen LogP contribution in [0.5, 0.6) is 5.75 Å². The lowest BCUT2D eigenvalue weighted by atomic mass is 10.2. The van der Waals surface area contributed by atoms with Crippen LogP contribution in [0.25, 0.3) is 0 Å². The molecule has 1 aromatic rings. The molecule has 0 spiro atoms. The molecule has 1 aliphatic heterocycles. The lowest BCUT2D eigenvalue weighted by molar-refractivity contribution is 0.278. The van der Waals surface area contributed by atoms with Crippen LogP contribution in [-0.2, 0) is 0 Å². The van der Waals surface area contributed by atoms with Gasteiger partial charge in [-0.15, -0.1) is 0 Å². The summed E-state index contributed by atoms with van der Waals surface area (Å²) in [5, 5.41) is 3.33. The maximum atomic E-state index is 13.2. The summed E-state index contributed by atoms with van der Waals surface area (Å²) in [4.78, 5) is 0. The van der Waals surface area contributed by atoms with Crippen LogP contribution < -0.4 is 10.1 Å². The molecule has 1 N–H and O–H groups in total. The maximum Gasteiger partial charge on any atom is 0.167 e. The molecule has 1 heterocycles. The van der Waals surface area contributed by atoms with Crippen molar-refractivity contribution in [3.05, 3.63) is 29.8 Å². The second-order valence-electron chi connectivity index (χ2n) is 4.01. The standard InChI is InChI=1S/C12H15F2NO/c13-9-3-4-12(11(14)8-9)16-7-5-10-2-1-6-15-10/h3-4,8,10,15H,1-2,5-7H2. The van der Waals surface area contributed by atoms with E-state index in [0.29, 0.717) is 12.6 Å². The fourth-order valence-electron chi connectivity index (χ4n) is 1.91. The summed E-state index contributed by atoms with van der Waals surface area (Å²) in [6.45, 7) is 1.51. The Balaban J connectivity index is 1.80. The van der Waals surface area contributed by atoms with E-state index in [9.17, 15) is 8.78 Å². The molecule has 0 aromatic heterocycles. The maximum absolute atomic E-state index is 13.2. The van der Waals surface area contributed by atoms with E-state index in [-0.39, 0.29) is 5.75 Å². The summed E-state index contributed by atoms with van der Waals surface area (Å²) < 4.78 is 31.1.